The highest BCUT2D eigenvalue weighted by Gasteiger charge is 2.03. The molecule has 0 saturated carbocycles. The zero-order valence-corrected chi connectivity index (χ0v) is 8.37. The zero-order chi connectivity index (χ0) is 10.4. The van der Waals surface area contributed by atoms with Gasteiger partial charge in [0, 0.05) is 6.42 Å². The Balaban J connectivity index is 2.83. The van der Waals surface area contributed by atoms with E-state index in [0.717, 1.165) is 5.56 Å². The van der Waals surface area contributed by atoms with E-state index < -0.39 is 0 Å². The van der Waals surface area contributed by atoms with Gasteiger partial charge in [-0.25, -0.2) is 0 Å². The number of benzene rings is 1. The van der Waals surface area contributed by atoms with E-state index in [2.05, 4.69) is 0 Å². The molecule has 0 bridgehead atoms. The molecule has 0 spiro atoms. The van der Waals surface area contributed by atoms with Gasteiger partial charge in [0.25, 0.3) is 0 Å². The summed E-state index contributed by atoms with van der Waals surface area (Å²) in [6.07, 6.45) is 2.96. The summed E-state index contributed by atoms with van der Waals surface area (Å²) in [6, 6.07) is 5.62. The SMILES string of the molecule is COc1ccc(CC[C]=O)cc1OC. The van der Waals surface area contributed by atoms with Crippen molar-refractivity contribution in [1.82, 2.24) is 0 Å². The first-order chi connectivity index (χ1) is 6.81. The van der Waals surface area contributed by atoms with E-state index >= 15 is 0 Å². The van der Waals surface area contributed by atoms with Crippen molar-refractivity contribution in [2.45, 2.75) is 12.8 Å². The summed E-state index contributed by atoms with van der Waals surface area (Å²) in [7, 11) is 3.18. The maximum atomic E-state index is 10.1. The highest BCUT2D eigenvalue weighted by atomic mass is 16.5. The Morgan fingerprint density at radius 3 is 2.50 bits per heavy atom. The third-order valence-corrected chi connectivity index (χ3v) is 1.96. The van der Waals surface area contributed by atoms with Crippen molar-refractivity contribution in [2.24, 2.45) is 0 Å². The van der Waals surface area contributed by atoms with Gasteiger partial charge < -0.3 is 9.47 Å². The van der Waals surface area contributed by atoms with Gasteiger partial charge in [0.1, 0.15) is 0 Å². The molecule has 0 amide bonds. The number of ether oxygens (including phenoxy) is 2. The Kier molecular flexibility index (Phi) is 3.98. The number of carbonyl (C=O) groups excluding carboxylic acids is 1. The van der Waals surface area contributed by atoms with Gasteiger partial charge in [0.15, 0.2) is 17.8 Å². The van der Waals surface area contributed by atoms with Crippen LogP contribution in [0.1, 0.15) is 12.0 Å². The quantitative estimate of drug-likeness (QED) is 0.714. The number of rotatable bonds is 5. The molecular weight excluding hydrogens is 180 g/mol. The maximum Gasteiger partial charge on any atom is 0.198 e. The minimum atomic E-state index is 0.412. The van der Waals surface area contributed by atoms with Crippen LogP contribution in [0.25, 0.3) is 0 Å². The van der Waals surface area contributed by atoms with Crippen LogP contribution in [0.4, 0.5) is 0 Å². The lowest BCUT2D eigenvalue weighted by atomic mass is 10.1. The molecular formula is C11H13O3. The third kappa shape index (κ3) is 2.49. The van der Waals surface area contributed by atoms with E-state index in [4.69, 9.17) is 9.47 Å². The van der Waals surface area contributed by atoms with Gasteiger partial charge >= 0.3 is 0 Å². The third-order valence-electron chi connectivity index (χ3n) is 1.96. The molecule has 3 heteroatoms. The van der Waals surface area contributed by atoms with Gasteiger partial charge in [0.05, 0.1) is 14.2 Å². The Bertz CT molecular complexity index is 307. The van der Waals surface area contributed by atoms with Crippen molar-refractivity contribution in [3.05, 3.63) is 23.8 Å². The molecule has 0 aliphatic heterocycles. The molecule has 0 aromatic heterocycles. The molecule has 0 heterocycles. The van der Waals surface area contributed by atoms with E-state index in [0.29, 0.717) is 24.3 Å². The highest BCUT2D eigenvalue weighted by molar-refractivity contribution is 5.51. The van der Waals surface area contributed by atoms with Gasteiger partial charge in [-0.05, 0) is 24.1 Å². The predicted molar refractivity (Wildman–Crippen MR) is 53.6 cm³/mol. The second kappa shape index (κ2) is 5.27. The second-order valence-corrected chi connectivity index (χ2v) is 2.83. The molecule has 0 N–H and O–H groups in total. The fourth-order valence-corrected chi connectivity index (χ4v) is 1.23. The monoisotopic (exact) mass is 193 g/mol. The Labute approximate surface area is 83.6 Å². The molecule has 1 radical (unpaired) electrons. The molecule has 0 aliphatic rings. The topological polar surface area (TPSA) is 35.5 Å². The lowest BCUT2D eigenvalue weighted by molar-refractivity contribution is 0.354. The van der Waals surface area contributed by atoms with Crippen LogP contribution in [0, 0.1) is 0 Å². The molecule has 75 valence electrons. The van der Waals surface area contributed by atoms with E-state index in [1.807, 2.05) is 24.5 Å². The number of hydrogen-bond donors (Lipinski definition) is 0. The van der Waals surface area contributed by atoms with Crippen molar-refractivity contribution >= 4 is 6.29 Å². The van der Waals surface area contributed by atoms with E-state index in [1.165, 1.54) is 0 Å². The van der Waals surface area contributed by atoms with Crippen molar-refractivity contribution in [2.75, 3.05) is 14.2 Å². The average molecular weight is 193 g/mol. The minimum Gasteiger partial charge on any atom is -0.493 e. The summed E-state index contributed by atoms with van der Waals surface area (Å²) in [6.45, 7) is 0. The molecule has 0 unspecified atom stereocenters. The average Bonchev–Trinajstić information content (AvgIpc) is 2.25. The minimum absolute atomic E-state index is 0.412. The first-order valence-electron chi connectivity index (χ1n) is 4.37. The van der Waals surface area contributed by atoms with Gasteiger partial charge in [-0.2, -0.15) is 0 Å². The Morgan fingerprint density at radius 1 is 1.21 bits per heavy atom. The zero-order valence-electron chi connectivity index (χ0n) is 8.37. The summed E-state index contributed by atoms with van der Waals surface area (Å²) < 4.78 is 10.2. The van der Waals surface area contributed by atoms with Crippen molar-refractivity contribution in [1.29, 1.82) is 0 Å². The smallest absolute Gasteiger partial charge is 0.198 e. The normalized spacial score (nSPS) is 9.57. The van der Waals surface area contributed by atoms with E-state index in [-0.39, 0.29) is 0 Å². The van der Waals surface area contributed by atoms with Crippen LogP contribution >= 0.6 is 0 Å². The Morgan fingerprint density at radius 2 is 1.93 bits per heavy atom. The molecule has 0 fully saturated rings. The number of hydrogen-bond acceptors (Lipinski definition) is 3. The van der Waals surface area contributed by atoms with Crippen molar-refractivity contribution in [3.8, 4) is 11.5 Å². The van der Waals surface area contributed by atoms with Crippen LogP contribution < -0.4 is 9.47 Å². The largest absolute Gasteiger partial charge is 0.493 e. The lowest BCUT2D eigenvalue weighted by Crippen LogP contribution is -1.93. The predicted octanol–water partition coefficient (Wildman–Crippen LogP) is 1.75. The van der Waals surface area contributed by atoms with Gasteiger partial charge in [-0.15, -0.1) is 0 Å². The molecule has 1 rings (SSSR count). The van der Waals surface area contributed by atoms with Gasteiger partial charge in [0.2, 0.25) is 0 Å². The van der Waals surface area contributed by atoms with Crippen LogP contribution in [-0.2, 0) is 11.2 Å². The Hall–Kier alpha value is -1.51. The molecule has 0 atom stereocenters. The lowest BCUT2D eigenvalue weighted by Gasteiger charge is -2.08. The van der Waals surface area contributed by atoms with Crippen LogP contribution in [0.5, 0.6) is 11.5 Å². The molecule has 0 saturated heterocycles. The summed E-state index contributed by atoms with van der Waals surface area (Å²) in [5.74, 6) is 1.39. The van der Waals surface area contributed by atoms with Gasteiger partial charge in [-0.3, -0.25) is 4.79 Å². The molecule has 14 heavy (non-hydrogen) atoms. The standard InChI is InChI=1S/C11H13O3/c1-13-10-6-5-9(4-3-7-12)8-11(10)14-2/h5-6,8H,3-4H2,1-2H3. The summed E-state index contributed by atoms with van der Waals surface area (Å²) in [5.41, 5.74) is 1.05. The van der Waals surface area contributed by atoms with E-state index in [1.54, 1.807) is 14.2 Å². The van der Waals surface area contributed by atoms with Gasteiger partial charge in [-0.1, -0.05) is 6.07 Å². The van der Waals surface area contributed by atoms with Crippen molar-refractivity contribution < 1.29 is 14.3 Å². The van der Waals surface area contributed by atoms with Crippen LogP contribution in [-0.4, -0.2) is 20.5 Å². The number of aryl methyl sites for hydroxylation is 1. The van der Waals surface area contributed by atoms with Crippen LogP contribution in [0.2, 0.25) is 0 Å². The summed E-state index contributed by atoms with van der Waals surface area (Å²) >= 11 is 0. The molecule has 1 aromatic carbocycles. The second-order valence-electron chi connectivity index (χ2n) is 2.83. The summed E-state index contributed by atoms with van der Waals surface area (Å²) in [4.78, 5) is 10.1. The summed E-state index contributed by atoms with van der Waals surface area (Å²) in [5, 5.41) is 0. The highest BCUT2D eigenvalue weighted by Crippen LogP contribution is 2.27. The molecule has 3 nitrogen and oxygen atoms in total. The van der Waals surface area contributed by atoms with Crippen molar-refractivity contribution in [3.63, 3.8) is 0 Å². The first kappa shape index (κ1) is 10.6. The first-order valence-corrected chi connectivity index (χ1v) is 4.37. The number of methoxy groups -OCH3 is 2. The molecule has 1 aromatic rings. The van der Waals surface area contributed by atoms with Crippen LogP contribution in [0.3, 0.4) is 0 Å². The molecule has 0 aliphatic carbocycles. The fraction of sp³-hybridized carbons (Fsp3) is 0.364. The maximum absolute atomic E-state index is 10.1. The van der Waals surface area contributed by atoms with Crippen LogP contribution in [0.15, 0.2) is 18.2 Å². The van der Waals surface area contributed by atoms with E-state index in [9.17, 15) is 4.79 Å². The fourth-order valence-electron chi connectivity index (χ4n) is 1.23.